The van der Waals surface area contributed by atoms with Gasteiger partial charge in [-0.1, -0.05) is 6.92 Å². The molecule has 0 aliphatic carbocycles. The molecular formula is C12H16N2. The van der Waals surface area contributed by atoms with Gasteiger partial charge < -0.3 is 4.90 Å². The van der Waals surface area contributed by atoms with Gasteiger partial charge in [0.2, 0.25) is 0 Å². The standard InChI is InChI=1S/C12H16N2/c1-4-10(2)14(3)12-7-5-11(9-13)6-8-12/h5-8,10H,4H2,1-3H3. The third-order valence-corrected chi connectivity index (χ3v) is 2.66. The van der Waals surface area contributed by atoms with Crippen LogP contribution in [-0.4, -0.2) is 13.1 Å². The molecule has 1 aromatic carbocycles. The second-order valence-electron chi connectivity index (χ2n) is 3.53. The zero-order valence-corrected chi connectivity index (χ0v) is 8.99. The van der Waals surface area contributed by atoms with E-state index in [9.17, 15) is 0 Å². The summed E-state index contributed by atoms with van der Waals surface area (Å²) in [7, 11) is 2.08. The van der Waals surface area contributed by atoms with Gasteiger partial charge in [-0.25, -0.2) is 0 Å². The van der Waals surface area contributed by atoms with Crippen LogP contribution >= 0.6 is 0 Å². The van der Waals surface area contributed by atoms with Crippen molar-refractivity contribution in [1.29, 1.82) is 5.26 Å². The summed E-state index contributed by atoms with van der Waals surface area (Å²) in [6.45, 7) is 4.36. The molecule has 0 aliphatic heterocycles. The molecule has 1 aromatic rings. The maximum Gasteiger partial charge on any atom is 0.0991 e. The van der Waals surface area contributed by atoms with Gasteiger partial charge in [0.05, 0.1) is 11.6 Å². The second kappa shape index (κ2) is 4.66. The van der Waals surface area contributed by atoms with E-state index in [-0.39, 0.29) is 0 Å². The Morgan fingerprint density at radius 3 is 2.36 bits per heavy atom. The normalized spacial score (nSPS) is 11.9. The van der Waals surface area contributed by atoms with Crippen LogP contribution in [0.2, 0.25) is 0 Å². The zero-order chi connectivity index (χ0) is 10.6. The van der Waals surface area contributed by atoms with Crippen LogP contribution in [0.1, 0.15) is 25.8 Å². The lowest BCUT2D eigenvalue weighted by molar-refractivity contribution is 0.664. The molecule has 0 amide bonds. The van der Waals surface area contributed by atoms with Gasteiger partial charge in [0.1, 0.15) is 0 Å². The first-order chi connectivity index (χ1) is 6.69. The lowest BCUT2D eigenvalue weighted by atomic mass is 10.1. The summed E-state index contributed by atoms with van der Waals surface area (Å²) in [5, 5.41) is 8.66. The Hall–Kier alpha value is -1.49. The Morgan fingerprint density at radius 1 is 1.36 bits per heavy atom. The van der Waals surface area contributed by atoms with Gasteiger partial charge in [-0.2, -0.15) is 5.26 Å². The van der Waals surface area contributed by atoms with Crippen molar-refractivity contribution >= 4 is 5.69 Å². The van der Waals surface area contributed by atoms with E-state index < -0.39 is 0 Å². The maximum atomic E-state index is 8.66. The first-order valence-electron chi connectivity index (χ1n) is 4.92. The number of rotatable bonds is 3. The Bertz CT molecular complexity index is 321. The van der Waals surface area contributed by atoms with E-state index in [0.717, 1.165) is 6.42 Å². The fraction of sp³-hybridized carbons (Fsp3) is 0.417. The molecule has 0 fully saturated rings. The monoisotopic (exact) mass is 188 g/mol. The quantitative estimate of drug-likeness (QED) is 0.729. The lowest BCUT2D eigenvalue weighted by Gasteiger charge is -2.25. The third kappa shape index (κ3) is 2.26. The Morgan fingerprint density at radius 2 is 1.93 bits per heavy atom. The molecular weight excluding hydrogens is 172 g/mol. The van der Waals surface area contributed by atoms with Gasteiger partial charge in [-0.3, -0.25) is 0 Å². The van der Waals surface area contributed by atoms with Crippen LogP contribution in [0.15, 0.2) is 24.3 Å². The van der Waals surface area contributed by atoms with Crippen molar-refractivity contribution in [2.24, 2.45) is 0 Å². The molecule has 0 N–H and O–H groups in total. The van der Waals surface area contributed by atoms with Crippen LogP contribution in [0.3, 0.4) is 0 Å². The van der Waals surface area contributed by atoms with E-state index in [1.165, 1.54) is 5.69 Å². The van der Waals surface area contributed by atoms with Crippen molar-refractivity contribution in [2.45, 2.75) is 26.3 Å². The summed E-state index contributed by atoms with van der Waals surface area (Å²) < 4.78 is 0. The summed E-state index contributed by atoms with van der Waals surface area (Å²) in [5.41, 5.74) is 1.88. The molecule has 1 rings (SSSR count). The Balaban J connectivity index is 2.82. The fourth-order valence-corrected chi connectivity index (χ4v) is 1.30. The predicted octanol–water partition coefficient (Wildman–Crippen LogP) is 2.79. The summed E-state index contributed by atoms with van der Waals surface area (Å²) in [4.78, 5) is 2.22. The molecule has 2 nitrogen and oxygen atoms in total. The Kier molecular flexibility index (Phi) is 3.53. The van der Waals surface area contributed by atoms with Crippen LogP contribution in [0.5, 0.6) is 0 Å². The topological polar surface area (TPSA) is 27.0 Å². The maximum absolute atomic E-state index is 8.66. The van der Waals surface area contributed by atoms with Crippen LogP contribution in [0.25, 0.3) is 0 Å². The first kappa shape index (κ1) is 10.6. The number of hydrogen-bond donors (Lipinski definition) is 0. The minimum Gasteiger partial charge on any atom is -0.372 e. The molecule has 0 heterocycles. The van der Waals surface area contributed by atoms with Gasteiger partial charge in [0.15, 0.2) is 0 Å². The highest BCUT2D eigenvalue weighted by molar-refractivity contribution is 5.49. The van der Waals surface area contributed by atoms with Crippen LogP contribution in [-0.2, 0) is 0 Å². The number of nitrogens with zero attached hydrogens (tertiary/aromatic N) is 2. The molecule has 14 heavy (non-hydrogen) atoms. The fourth-order valence-electron chi connectivity index (χ4n) is 1.30. The Labute approximate surface area is 85.8 Å². The molecule has 0 saturated carbocycles. The molecule has 1 atom stereocenters. The van der Waals surface area contributed by atoms with Gasteiger partial charge in [0.25, 0.3) is 0 Å². The van der Waals surface area contributed by atoms with E-state index in [1.54, 1.807) is 0 Å². The summed E-state index contributed by atoms with van der Waals surface area (Å²) in [5.74, 6) is 0. The largest absolute Gasteiger partial charge is 0.372 e. The number of hydrogen-bond acceptors (Lipinski definition) is 2. The summed E-state index contributed by atoms with van der Waals surface area (Å²) in [6.07, 6.45) is 1.12. The van der Waals surface area contributed by atoms with Crippen LogP contribution in [0.4, 0.5) is 5.69 Å². The van der Waals surface area contributed by atoms with E-state index in [2.05, 4.69) is 31.9 Å². The highest BCUT2D eigenvalue weighted by atomic mass is 15.1. The highest BCUT2D eigenvalue weighted by Crippen LogP contribution is 2.16. The summed E-state index contributed by atoms with van der Waals surface area (Å²) in [6, 6.07) is 10.3. The first-order valence-corrected chi connectivity index (χ1v) is 4.92. The van der Waals surface area contributed by atoms with Crippen LogP contribution < -0.4 is 4.90 Å². The molecule has 0 spiro atoms. The van der Waals surface area contributed by atoms with Crippen LogP contribution in [0, 0.1) is 11.3 Å². The van der Waals surface area contributed by atoms with Gasteiger partial charge in [-0.05, 0) is 37.6 Å². The molecule has 0 saturated heterocycles. The zero-order valence-electron chi connectivity index (χ0n) is 8.99. The van der Waals surface area contributed by atoms with E-state index in [0.29, 0.717) is 11.6 Å². The predicted molar refractivity (Wildman–Crippen MR) is 59.3 cm³/mol. The number of benzene rings is 1. The lowest BCUT2D eigenvalue weighted by Crippen LogP contribution is -2.27. The SMILES string of the molecule is CCC(C)N(C)c1ccc(C#N)cc1. The van der Waals surface area contributed by atoms with Crippen molar-refractivity contribution in [2.75, 3.05) is 11.9 Å². The van der Waals surface area contributed by atoms with Crippen molar-refractivity contribution in [1.82, 2.24) is 0 Å². The molecule has 1 unspecified atom stereocenters. The van der Waals surface area contributed by atoms with Crippen molar-refractivity contribution in [3.8, 4) is 6.07 Å². The third-order valence-electron chi connectivity index (χ3n) is 2.66. The smallest absolute Gasteiger partial charge is 0.0991 e. The summed E-state index contributed by atoms with van der Waals surface area (Å²) >= 11 is 0. The van der Waals surface area contributed by atoms with Crippen molar-refractivity contribution < 1.29 is 0 Å². The van der Waals surface area contributed by atoms with E-state index in [4.69, 9.17) is 5.26 Å². The van der Waals surface area contributed by atoms with E-state index in [1.807, 2.05) is 24.3 Å². The molecule has 0 aliphatic rings. The van der Waals surface area contributed by atoms with Crippen molar-refractivity contribution in [3.05, 3.63) is 29.8 Å². The number of anilines is 1. The molecule has 0 radical (unpaired) electrons. The second-order valence-corrected chi connectivity index (χ2v) is 3.53. The average Bonchev–Trinajstić information content (AvgIpc) is 2.27. The minimum atomic E-state index is 0.530. The van der Waals surface area contributed by atoms with Gasteiger partial charge in [0, 0.05) is 18.8 Å². The number of nitriles is 1. The highest BCUT2D eigenvalue weighted by Gasteiger charge is 2.06. The molecule has 0 aromatic heterocycles. The van der Waals surface area contributed by atoms with Crippen molar-refractivity contribution in [3.63, 3.8) is 0 Å². The minimum absolute atomic E-state index is 0.530. The molecule has 2 heteroatoms. The van der Waals surface area contributed by atoms with Gasteiger partial charge >= 0.3 is 0 Å². The van der Waals surface area contributed by atoms with Gasteiger partial charge in [-0.15, -0.1) is 0 Å². The van der Waals surface area contributed by atoms with E-state index >= 15 is 0 Å². The molecule has 0 bridgehead atoms. The average molecular weight is 188 g/mol. The molecule has 74 valence electrons.